The smallest absolute Gasteiger partial charge is 0.371 e. The molecule has 19 heavy (non-hydrogen) atoms. The van der Waals surface area contributed by atoms with E-state index in [1.807, 2.05) is 18.3 Å². The molecule has 2 heterocycles. The van der Waals surface area contributed by atoms with Crippen molar-refractivity contribution in [3.8, 4) is 0 Å². The van der Waals surface area contributed by atoms with Crippen LogP contribution in [-0.4, -0.2) is 16.1 Å². The van der Waals surface area contributed by atoms with Crippen molar-refractivity contribution in [1.82, 2.24) is 4.98 Å². The molecule has 0 amide bonds. The van der Waals surface area contributed by atoms with E-state index in [1.165, 1.54) is 17.8 Å². The molecule has 0 spiro atoms. The van der Waals surface area contributed by atoms with E-state index in [-0.39, 0.29) is 11.2 Å². The van der Waals surface area contributed by atoms with Crippen LogP contribution in [0.4, 0.5) is 0 Å². The number of carboxylic acid groups (broad SMARTS) is 1. The first kappa shape index (κ1) is 13.7. The van der Waals surface area contributed by atoms with Crippen LogP contribution in [0.15, 0.2) is 45.0 Å². The van der Waals surface area contributed by atoms with Gasteiger partial charge in [0.15, 0.2) is 5.09 Å². The summed E-state index contributed by atoms with van der Waals surface area (Å²) in [6, 6.07) is 7.01. The van der Waals surface area contributed by atoms with Crippen molar-refractivity contribution < 1.29 is 14.3 Å². The number of pyridine rings is 1. The first-order valence-electron chi connectivity index (χ1n) is 5.84. The van der Waals surface area contributed by atoms with Gasteiger partial charge < -0.3 is 9.52 Å². The number of hydrogen-bond acceptors (Lipinski definition) is 4. The van der Waals surface area contributed by atoms with E-state index >= 15 is 0 Å². The van der Waals surface area contributed by atoms with Crippen molar-refractivity contribution >= 4 is 17.7 Å². The van der Waals surface area contributed by atoms with Crippen molar-refractivity contribution in [3.05, 3.63) is 41.8 Å². The Morgan fingerprint density at radius 3 is 2.47 bits per heavy atom. The summed E-state index contributed by atoms with van der Waals surface area (Å²) in [4.78, 5) is 15.1. The van der Waals surface area contributed by atoms with Crippen LogP contribution in [0.3, 0.4) is 0 Å². The Balaban J connectivity index is 2.13. The monoisotopic (exact) mass is 277 g/mol. The molecule has 5 heteroatoms. The maximum atomic E-state index is 10.7. The minimum Gasteiger partial charge on any atom is -0.475 e. The Morgan fingerprint density at radius 2 is 2.00 bits per heavy atom. The van der Waals surface area contributed by atoms with Gasteiger partial charge in [-0.15, -0.1) is 0 Å². The topological polar surface area (TPSA) is 63.3 Å². The van der Waals surface area contributed by atoms with Crippen LogP contribution in [0.5, 0.6) is 0 Å². The minimum atomic E-state index is -1.07. The summed E-state index contributed by atoms with van der Waals surface area (Å²) < 4.78 is 5.17. The molecule has 2 rings (SSSR count). The van der Waals surface area contributed by atoms with Crippen LogP contribution >= 0.6 is 11.8 Å². The summed E-state index contributed by atoms with van der Waals surface area (Å²) in [6.45, 7) is 6.38. The van der Waals surface area contributed by atoms with Gasteiger partial charge in [-0.25, -0.2) is 9.78 Å². The summed E-state index contributed by atoms with van der Waals surface area (Å²) in [6.07, 6.45) is 1.84. The maximum absolute atomic E-state index is 10.7. The van der Waals surface area contributed by atoms with Crippen molar-refractivity contribution in [2.75, 3.05) is 0 Å². The van der Waals surface area contributed by atoms with Gasteiger partial charge in [0.1, 0.15) is 5.03 Å². The molecule has 0 atom stereocenters. The highest BCUT2D eigenvalue weighted by Crippen LogP contribution is 2.29. The fourth-order valence-corrected chi connectivity index (χ4v) is 2.19. The van der Waals surface area contributed by atoms with E-state index in [1.54, 1.807) is 6.07 Å². The third-order valence-corrected chi connectivity index (χ3v) is 3.47. The first-order chi connectivity index (χ1) is 8.86. The number of rotatable bonds is 3. The van der Waals surface area contributed by atoms with Crippen LogP contribution in [0.25, 0.3) is 0 Å². The molecule has 0 aliphatic heterocycles. The molecule has 0 radical (unpaired) electrons. The zero-order chi connectivity index (χ0) is 14.0. The van der Waals surface area contributed by atoms with E-state index in [4.69, 9.17) is 9.52 Å². The van der Waals surface area contributed by atoms with Gasteiger partial charge in [0.25, 0.3) is 0 Å². The fourth-order valence-electron chi connectivity index (χ4n) is 1.48. The Labute approximate surface area is 115 Å². The van der Waals surface area contributed by atoms with E-state index < -0.39 is 5.97 Å². The molecule has 0 bridgehead atoms. The van der Waals surface area contributed by atoms with Crippen molar-refractivity contribution in [2.24, 2.45) is 0 Å². The summed E-state index contributed by atoms with van der Waals surface area (Å²) in [5.74, 6) is -1.13. The number of aromatic nitrogens is 1. The largest absolute Gasteiger partial charge is 0.475 e. The summed E-state index contributed by atoms with van der Waals surface area (Å²) >= 11 is 1.30. The second-order valence-electron chi connectivity index (χ2n) is 5.16. The Kier molecular flexibility index (Phi) is 3.66. The molecule has 100 valence electrons. The number of aromatic carboxylic acids is 1. The van der Waals surface area contributed by atoms with E-state index in [0.29, 0.717) is 5.09 Å². The lowest BCUT2D eigenvalue weighted by Gasteiger charge is -2.18. The molecule has 0 saturated carbocycles. The van der Waals surface area contributed by atoms with E-state index in [0.717, 1.165) is 10.6 Å². The normalized spacial score (nSPS) is 11.5. The average Bonchev–Trinajstić information content (AvgIpc) is 2.77. The summed E-state index contributed by atoms with van der Waals surface area (Å²) in [7, 11) is 0. The standard InChI is InChI=1S/C14H15NO3S/c1-14(2,3)9-4-6-11(15-8-9)19-12-7-5-10(18-12)13(16)17/h4-8H,1-3H3,(H,16,17). The molecule has 0 fully saturated rings. The molecular formula is C14H15NO3S. The third-order valence-electron chi connectivity index (χ3n) is 2.60. The Morgan fingerprint density at radius 1 is 1.26 bits per heavy atom. The number of carboxylic acids is 1. The van der Waals surface area contributed by atoms with Gasteiger partial charge in [0.2, 0.25) is 5.76 Å². The molecule has 0 saturated heterocycles. The van der Waals surface area contributed by atoms with Crippen LogP contribution in [0.2, 0.25) is 0 Å². The number of carbonyl (C=O) groups is 1. The van der Waals surface area contributed by atoms with Gasteiger partial charge >= 0.3 is 5.97 Å². The SMILES string of the molecule is CC(C)(C)c1ccc(Sc2ccc(C(=O)O)o2)nc1. The van der Waals surface area contributed by atoms with Gasteiger partial charge in [0, 0.05) is 6.20 Å². The van der Waals surface area contributed by atoms with Gasteiger partial charge in [-0.1, -0.05) is 26.8 Å². The average molecular weight is 277 g/mol. The van der Waals surface area contributed by atoms with E-state index in [2.05, 4.69) is 25.8 Å². The zero-order valence-corrected chi connectivity index (χ0v) is 11.8. The fraction of sp³-hybridized carbons (Fsp3) is 0.286. The lowest BCUT2D eigenvalue weighted by Crippen LogP contribution is -2.11. The number of hydrogen-bond donors (Lipinski definition) is 1. The molecule has 1 N–H and O–H groups in total. The lowest BCUT2D eigenvalue weighted by molar-refractivity contribution is 0.0656. The predicted octanol–water partition coefficient (Wildman–Crippen LogP) is 3.82. The predicted molar refractivity (Wildman–Crippen MR) is 72.7 cm³/mol. The quantitative estimate of drug-likeness (QED) is 0.924. The zero-order valence-electron chi connectivity index (χ0n) is 11.0. The highest BCUT2D eigenvalue weighted by Gasteiger charge is 2.14. The molecule has 2 aromatic rings. The van der Waals surface area contributed by atoms with Crippen molar-refractivity contribution in [2.45, 2.75) is 36.3 Å². The Hall–Kier alpha value is -1.75. The molecular weight excluding hydrogens is 262 g/mol. The Bertz CT molecular complexity index is 581. The second-order valence-corrected chi connectivity index (χ2v) is 6.19. The third kappa shape index (κ3) is 3.38. The van der Waals surface area contributed by atoms with Crippen molar-refractivity contribution in [1.29, 1.82) is 0 Å². The van der Waals surface area contributed by atoms with Crippen LogP contribution < -0.4 is 0 Å². The highest BCUT2D eigenvalue weighted by atomic mass is 32.2. The second kappa shape index (κ2) is 5.09. The van der Waals surface area contributed by atoms with Crippen LogP contribution in [0, 0.1) is 0 Å². The lowest BCUT2D eigenvalue weighted by atomic mass is 9.88. The summed E-state index contributed by atoms with van der Waals surface area (Å²) in [5, 5.41) is 10.1. The number of furan rings is 1. The first-order valence-corrected chi connectivity index (χ1v) is 6.65. The van der Waals surface area contributed by atoms with Gasteiger partial charge in [-0.2, -0.15) is 0 Å². The van der Waals surface area contributed by atoms with Gasteiger partial charge in [-0.05, 0) is 40.9 Å². The number of nitrogens with zero attached hydrogens (tertiary/aromatic N) is 1. The van der Waals surface area contributed by atoms with Gasteiger partial charge in [0.05, 0.1) is 0 Å². The molecule has 0 aliphatic rings. The molecule has 2 aromatic heterocycles. The van der Waals surface area contributed by atoms with Crippen molar-refractivity contribution in [3.63, 3.8) is 0 Å². The van der Waals surface area contributed by atoms with E-state index in [9.17, 15) is 4.79 Å². The van der Waals surface area contributed by atoms with Crippen LogP contribution in [0.1, 0.15) is 36.9 Å². The molecule has 0 aliphatic carbocycles. The minimum absolute atomic E-state index is 0.0613. The highest BCUT2D eigenvalue weighted by molar-refractivity contribution is 7.99. The van der Waals surface area contributed by atoms with Gasteiger partial charge in [-0.3, -0.25) is 0 Å². The molecule has 0 aromatic carbocycles. The molecule has 0 unspecified atom stereocenters. The molecule has 4 nitrogen and oxygen atoms in total. The maximum Gasteiger partial charge on any atom is 0.371 e. The summed E-state index contributed by atoms with van der Waals surface area (Å²) in [5.41, 5.74) is 1.22. The van der Waals surface area contributed by atoms with Crippen LogP contribution in [-0.2, 0) is 5.41 Å².